The van der Waals surface area contributed by atoms with Crippen LogP contribution in [-0.2, 0) is 5.41 Å². The molecule has 78 valence electrons. The maximum Gasteiger partial charge on any atom is 0.0458 e. The lowest BCUT2D eigenvalue weighted by atomic mass is 9.96. The summed E-state index contributed by atoms with van der Waals surface area (Å²) in [4.78, 5) is 0. The Bertz CT molecular complexity index is 334. The van der Waals surface area contributed by atoms with Crippen molar-refractivity contribution < 1.29 is 0 Å². The van der Waals surface area contributed by atoms with E-state index >= 15 is 0 Å². The molecular weight excluding hydrogens is 240 g/mol. The molecule has 0 heterocycles. The Labute approximate surface area is 100.0 Å². The van der Waals surface area contributed by atoms with Crippen molar-refractivity contribution >= 4 is 35.6 Å². The number of hydrogen-bond acceptors (Lipinski definition) is 1. The Balaban J connectivity index is 0.000000980. The molecular formula is C10H12Cl3N. The summed E-state index contributed by atoms with van der Waals surface area (Å²) in [5.74, 6) is 0. The zero-order valence-corrected chi connectivity index (χ0v) is 9.92. The summed E-state index contributed by atoms with van der Waals surface area (Å²) in [5, 5.41) is 1.43. The summed E-state index contributed by atoms with van der Waals surface area (Å²) < 4.78 is 0. The Morgan fingerprint density at radius 1 is 1.29 bits per heavy atom. The molecule has 2 N–H and O–H groups in total. The van der Waals surface area contributed by atoms with Crippen molar-refractivity contribution in [1.82, 2.24) is 0 Å². The number of nitrogens with two attached hydrogens (primary N) is 1. The molecule has 1 aliphatic carbocycles. The molecule has 0 spiro atoms. The van der Waals surface area contributed by atoms with Gasteiger partial charge in [0.25, 0.3) is 0 Å². The number of hydrogen-bond donors (Lipinski definition) is 1. The summed E-state index contributed by atoms with van der Waals surface area (Å²) >= 11 is 11.9. The van der Waals surface area contributed by atoms with Gasteiger partial charge in [0.05, 0.1) is 0 Å². The minimum absolute atomic E-state index is 0. The molecule has 0 saturated heterocycles. The molecule has 1 aromatic rings. The maximum atomic E-state index is 6.09. The quantitative estimate of drug-likeness (QED) is 0.858. The molecule has 0 unspecified atom stereocenters. The van der Waals surface area contributed by atoms with Crippen LogP contribution in [0.4, 0.5) is 0 Å². The highest BCUT2D eigenvalue weighted by Crippen LogP contribution is 2.49. The van der Waals surface area contributed by atoms with E-state index in [1.54, 1.807) is 6.07 Å². The first-order chi connectivity index (χ1) is 6.18. The van der Waals surface area contributed by atoms with E-state index in [9.17, 15) is 0 Å². The molecule has 0 bridgehead atoms. The van der Waals surface area contributed by atoms with Gasteiger partial charge in [0.2, 0.25) is 0 Å². The highest BCUT2D eigenvalue weighted by Gasteiger charge is 2.44. The van der Waals surface area contributed by atoms with E-state index in [2.05, 4.69) is 0 Å². The Morgan fingerprint density at radius 3 is 2.36 bits per heavy atom. The van der Waals surface area contributed by atoms with E-state index in [1.807, 2.05) is 12.1 Å². The molecule has 0 amide bonds. The summed E-state index contributed by atoms with van der Waals surface area (Å²) in [6.07, 6.45) is 2.29. The standard InChI is InChI=1S/C10H11Cl2N.ClH/c11-7-1-2-8(9(12)5-7)10(6-13)3-4-10;/h1-2,5H,3-4,6,13H2;1H. The van der Waals surface area contributed by atoms with Gasteiger partial charge < -0.3 is 5.73 Å². The first kappa shape index (κ1) is 12.1. The Morgan fingerprint density at radius 2 is 1.93 bits per heavy atom. The van der Waals surface area contributed by atoms with Crippen molar-refractivity contribution in [1.29, 1.82) is 0 Å². The molecule has 14 heavy (non-hydrogen) atoms. The fourth-order valence-corrected chi connectivity index (χ4v) is 2.26. The average Bonchev–Trinajstić information content (AvgIpc) is 2.85. The smallest absolute Gasteiger partial charge is 0.0458 e. The van der Waals surface area contributed by atoms with Crippen molar-refractivity contribution in [2.75, 3.05) is 6.54 Å². The first-order valence-electron chi connectivity index (χ1n) is 4.33. The number of halogens is 3. The highest BCUT2D eigenvalue weighted by molar-refractivity contribution is 6.35. The van der Waals surface area contributed by atoms with Crippen LogP contribution in [-0.4, -0.2) is 6.54 Å². The lowest BCUT2D eigenvalue weighted by molar-refractivity contribution is 0.705. The molecule has 0 radical (unpaired) electrons. The van der Waals surface area contributed by atoms with Crippen LogP contribution in [0.5, 0.6) is 0 Å². The zero-order valence-electron chi connectivity index (χ0n) is 7.59. The van der Waals surface area contributed by atoms with Crippen molar-refractivity contribution in [3.05, 3.63) is 33.8 Å². The third kappa shape index (κ3) is 2.01. The van der Waals surface area contributed by atoms with E-state index in [0.29, 0.717) is 11.6 Å². The minimum Gasteiger partial charge on any atom is -0.330 e. The lowest BCUT2D eigenvalue weighted by Crippen LogP contribution is -2.19. The van der Waals surface area contributed by atoms with Gasteiger partial charge in [-0.15, -0.1) is 12.4 Å². The molecule has 4 heteroatoms. The van der Waals surface area contributed by atoms with Gasteiger partial charge in [-0.1, -0.05) is 29.3 Å². The van der Waals surface area contributed by atoms with E-state index in [-0.39, 0.29) is 17.8 Å². The third-order valence-electron chi connectivity index (χ3n) is 2.75. The predicted octanol–water partition coefficient (Wildman–Crippen LogP) is 3.41. The van der Waals surface area contributed by atoms with E-state index in [4.69, 9.17) is 28.9 Å². The van der Waals surface area contributed by atoms with Crippen LogP contribution in [0, 0.1) is 0 Å². The Hall–Kier alpha value is 0.0500. The SMILES string of the molecule is Cl.NCC1(c2ccc(Cl)cc2Cl)CC1. The number of benzene rings is 1. The average molecular weight is 253 g/mol. The molecule has 0 aromatic heterocycles. The van der Waals surface area contributed by atoms with E-state index < -0.39 is 0 Å². The number of rotatable bonds is 2. The van der Waals surface area contributed by atoms with Gasteiger partial charge in [0, 0.05) is 22.0 Å². The zero-order chi connectivity index (χ0) is 9.47. The second-order valence-electron chi connectivity index (χ2n) is 3.61. The van der Waals surface area contributed by atoms with Gasteiger partial charge in [0.15, 0.2) is 0 Å². The summed E-state index contributed by atoms with van der Waals surface area (Å²) in [5.41, 5.74) is 7.02. The third-order valence-corrected chi connectivity index (χ3v) is 3.29. The van der Waals surface area contributed by atoms with Gasteiger partial charge in [-0.3, -0.25) is 0 Å². The fraction of sp³-hybridized carbons (Fsp3) is 0.400. The highest BCUT2D eigenvalue weighted by atomic mass is 35.5. The van der Waals surface area contributed by atoms with Crippen LogP contribution in [0.25, 0.3) is 0 Å². The minimum atomic E-state index is 0. The second-order valence-corrected chi connectivity index (χ2v) is 4.45. The van der Waals surface area contributed by atoms with Crippen molar-refractivity contribution in [2.45, 2.75) is 18.3 Å². The monoisotopic (exact) mass is 251 g/mol. The molecule has 1 aliphatic rings. The summed E-state index contributed by atoms with van der Waals surface area (Å²) in [7, 11) is 0. The van der Waals surface area contributed by atoms with Crippen molar-refractivity contribution in [3.8, 4) is 0 Å². The predicted molar refractivity (Wildman–Crippen MR) is 63.7 cm³/mol. The van der Waals surface area contributed by atoms with Gasteiger partial charge in [-0.05, 0) is 30.5 Å². The van der Waals surface area contributed by atoms with Crippen LogP contribution in [0.15, 0.2) is 18.2 Å². The topological polar surface area (TPSA) is 26.0 Å². The summed E-state index contributed by atoms with van der Waals surface area (Å²) in [6, 6.07) is 5.65. The second kappa shape index (κ2) is 4.28. The molecule has 1 saturated carbocycles. The van der Waals surface area contributed by atoms with Gasteiger partial charge in [-0.2, -0.15) is 0 Å². The van der Waals surface area contributed by atoms with E-state index in [0.717, 1.165) is 23.4 Å². The fourth-order valence-electron chi connectivity index (χ4n) is 1.65. The van der Waals surface area contributed by atoms with Crippen LogP contribution in [0.3, 0.4) is 0 Å². The normalized spacial score (nSPS) is 17.4. The molecule has 2 rings (SSSR count). The van der Waals surface area contributed by atoms with E-state index in [1.165, 1.54) is 0 Å². The van der Waals surface area contributed by atoms with Gasteiger partial charge in [0.1, 0.15) is 0 Å². The van der Waals surface area contributed by atoms with Crippen molar-refractivity contribution in [3.63, 3.8) is 0 Å². The lowest BCUT2D eigenvalue weighted by Gasteiger charge is -2.14. The van der Waals surface area contributed by atoms with Gasteiger partial charge in [-0.25, -0.2) is 0 Å². The Kier molecular flexibility index (Phi) is 3.70. The molecule has 1 fully saturated rings. The van der Waals surface area contributed by atoms with Crippen molar-refractivity contribution in [2.24, 2.45) is 5.73 Å². The summed E-state index contributed by atoms with van der Waals surface area (Å²) in [6.45, 7) is 0.675. The molecule has 1 aromatic carbocycles. The van der Waals surface area contributed by atoms with Gasteiger partial charge >= 0.3 is 0 Å². The largest absolute Gasteiger partial charge is 0.330 e. The van der Waals surface area contributed by atoms with Crippen LogP contribution in [0.1, 0.15) is 18.4 Å². The van der Waals surface area contributed by atoms with Crippen LogP contribution < -0.4 is 5.73 Å². The van der Waals surface area contributed by atoms with Crippen LogP contribution in [0.2, 0.25) is 10.0 Å². The maximum absolute atomic E-state index is 6.09. The first-order valence-corrected chi connectivity index (χ1v) is 5.09. The van der Waals surface area contributed by atoms with Crippen LogP contribution >= 0.6 is 35.6 Å². The molecule has 0 atom stereocenters. The molecule has 0 aliphatic heterocycles. The molecule has 1 nitrogen and oxygen atoms in total.